The molecule has 0 bridgehead atoms. The summed E-state index contributed by atoms with van der Waals surface area (Å²) in [4.78, 5) is 24.8. The second kappa shape index (κ2) is 3.22. The molecule has 15 heavy (non-hydrogen) atoms. The molecule has 1 rings (SSSR count). The van der Waals surface area contributed by atoms with Crippen molar-refractivity contribution in [2.45, 2.75) is 53.2 Å². The lowest BCUT2D eigenvalue weighted by Gasteiger charge is -2.28. The lowest BCUT2D eigenvalue weighted by atomic mass is 9.92. The molecule has 0 radical (unpaired) electrons. The highest BCUT2D eigenvalue weighted by molar-refractivity contribution is 5.96. The SMILES string of the molecule is C[C@@H]1N(C(=O)C(C)(C)C)C(=O)OC1(C)C. The Labute approximate surface area is 90.6 Å². The Morgan fingerprint density at radius 1 is 1.40 bits per heavy atom. The summed E-state index contributed by atoms with van der Waals surface area (Å²) in [6.45, 7) is 10.8. The molecule has 0 unspecified atom stereocenters. The molecule has 0 aromatic carbocycles. The predicted molar refractivity (Wildman–Crippen MR) is 56.3 cm³/mol. The summed E-state index contributed by atoms with van der Waals surface area (Å²) in [5.41, 5.74) is -1.16. The fourth-order valence-electron chi connectivity index (χ4n) is 1.45. The number of imide groups is 1. The van der Waals surface area contributed by atoms with Crippen LogP contribution < -0.4 is 0 Å². The van der Waals surface area contributed by atoms with Crippen molar-refractivity contribution in [2.75, 3.05) is 0 Å². The Bertz CT molecular complexity index is 301. The number of amides is 2. The Morgan fingerprint density at radius 2 is 1.87 bits per heavy atom. The van der Waals surface area contributed by atoms with Gasteiger partial charge in [0.1, 0.15) is 5.60 Å². The van der Waals surface area contributed by atoms with Gasteiger partial charge in [0.05, 0.1) is 6.04 Å². The smallest absolute Gasteiger partial charge is 0.417 e. The zero-order valence-electron chi connectivity index (χ0n) is 10.2. The van der Waals surface area contributed by atoms with E-state index in [9.17, 15) is 9.59 Å². The number of hydrogen-bond acceptors (Lipinski definition) is 3. The molecule has 1 fully saturated rings. The fourth-order valence-corrected chi connectivity index (χ4v) is 1.45. The van der Waals surface area contributed by atoms with Gasteiger partial charge in [0.2, 0.25) is 5.91 Å². The third kappa shape index (κ3) is 1.98. The van der Waals surface area contributed by atoms with Crippen LogP contribution in [0.5, 0.6) is 0 Å². The minimum absolute atomic E-state index is 0.189. The van der Waals surface area contributed by atoms with E-state index in [1.54, 1.807) is 20.8 Å². The second-order valence-corrected chi connectivity index (χ2v) is 5.57. The van der Waals surface area contributed by atoms with Gasteiger partial charge in [-0.2, -0.15) is 0 Å². The number of ether oxygens (including phenoxy) is 1. The van der Waals surface area contributed by atoms with E-state index in [4.69, 9.17) is 4.74 Å². The van der Waals surface area contributed by atoms with Gasteiger partial charge in [-0.1, -0.05) is 20.8 Å². The molecule has 0 spiro atoms. The Morgan fingerprint density at radius 3 is 2.13 bits per heavy atom. The first-order valence-corrected chi connectivity index (χ1v) is 5.14. The van der Waals surface area contributed by atoms with Crippen LogP contribution in [0.2, 0.25) is 0 Å². The van der Waals surface area contributed by atoms with Gasteiger partial charge in [0.15, 0.2) is 0 Å². The summed E-state index contributed by atoms with van der Waals surface area (Å²) in [5.74, 6) is -0.189. The summed E-state index contributed by atoms with van der Waals surface area (Å²) >= 11 is 0. The van der Waals surface area contributed by atoms with Crippen molar-refractivity contribution in [3.8, 4) is 0 Å². The maximum Gasteiger partial charge on any atom is 0.417 e. The molecule has 86 valence electrons. The van der Waals surface area contributed by atoms with Crippen molar-refractivity contribution < 1.29 is 14.3 Å². The zero-order valence-corrected chi connectivity index (χ0v) is 10.2. The van der Waals surface area contributed by atoms with Crippen molar-refractivity contribution in [1.82, 2.24) is 4.90 Å². The predicted octanol–water partition coefficient (Wildman–Crippen LogP) is 2.18. The standard InChI is InChI=1S/C11H19NO3/c1-7-11(5,6)15-9(14)12(7)8(13)10(2,3)4/h7H,1-6H3/t7-/m0/s1. The quantitative estimate of drug-likeness (QED) is 0.619. The molecule has 0 aliphatic carbocycles. The lowest BCUT2D eigenvalue weighted by Crippen LogP contribution is -2.47. The summed E-state index contributed by atoms with van der Waals surface area (Å²) in [7, 11) is 0. The maximum absolute atomic E-state index is 12.0. The monoisotopic (exact) mass is 213 g/mol. The van der Waals surface area contributed by atoms with Crippen molar-refractivity contribution in [1.29, 1.82) is 0 Å². The Hall–Kier alpha value is -1.06. The van der Waals surface area contributed by atoms with Gasteiger partial charge < -0.3 is 4.74 Å². The fraction of sp³-hybridized carbons (Fsp3) is 0.818. The van der Waals surface area contributed by atoms with Gasteiger partial charge >= 0.3 is 6.09 Å². The van der Waals surface area contributed by atoms with Gasteiger partial charge in [0.25, 0.3) is 0 Å². The topological polar surface area (TPSA) is 46.6 Å². The third-order valence-corrected chi connectivity index (χ3v) is 2.80. The van der Waals surface area contributed by atoms with Crippen molar-refractivity contribution in [3.05, 3.63) is 0 Å². The van der Waals surface area contributed by atoms with Crippen LogP contribution in [-0.4, -0.2) is 28.5 Å². The number of carbonyl (C=O) groups excluding carboxylic acids is 2. The van der Waals surface area contributed by atoms with E-state index in [0.29, 0.717) is 0 Å². The number of nitrogens with zero attached hydrogens (tertiary/aromatic N) is 1. The minimum atomic E-state index is -0.599. The largest absolute Gasteiger partial charge is 0.441 e. The maximum atomic E-state index is 12.0. The Kier molecular flexibility index (Phi) is 2.58. The molecule has 0 aromatic rings. The van der Waals surface area contributed by atoms with Crippen molar-refractivity contribution in [2.24, 2.45) is 5.41 Å². The average Bonchev–Trinajstić information content (AvgIpc) is 2.19. The van der Waals surface area contributed by atoms with Crippen LogP contribution in [0.15, 0.2) is 0 Å². The number of carbonyl (C=O) groups is 2. The molecular weight excluding hydrogens is 194 g/mol. The molecule has 4 heteroatoms. The molecule has 1 aliphatic heterocycles. The first kappa shape index (κ1) is 12.0. The minimum Gasteiger partial charge on any atom is -0.441 e. The zero-order chi connectivity index (χ0) is 12.0. The van der Waals surface area contributed by atoms with Gasteiger partial charge in [-0.15, -0.1) is 0 Å². The highest BCUT2D eigenvalue weighted by Crippen LogP contribution is 2.32. The molecule has 0 aromatic heterocycles. The van der Waals surface area contributed by atoms with Gasteiger partial charge in [-0.3, -0.25) is 4.79 Å². The Balaban J connectivity index is 2.98. The highest BCUT2D eigenvalue weighted by atomic mass is 16.6. The molecule has 4 nitrogen and oxygen atoms in total. The van der Waals surface area contributed by atoms with Gasteiger partial charge in [-0.05, 0) is 20.8 Å². The van der Waals surface area contributed by atoms with Crippen LogP contribution in [0.4, 0.5) is 4.79 Å². The van der Waals surface area contributed by atoms with E-state index in [-0.39, 0.29) is 11.9 Å². The molecule has 1 heterocycles. The normalized spacial score (nSPS) is 25.3. The van der Waals surface area contributed by atoms with Crippen molar-refractivity contribution in [3.63, 3.8) is 0 Å². The first-order valence-electron chi connectivity index (χ1n) is 5.14. The molecule has 2 amide bonds. The highest BCUT2D eigenvalue weighted by Gasteiger charge is 2.49. The molecule has 1 aliphatic rings. The molecular formula is C11H19NO3. The second-order valence-electron chi connectivity index (χ2n) is 5.57. The number of cyclic esters (lactones) is 1. The van der Waals surface area contributed by atoms with E-state index in [1.165, 1.54) is 4.90 Å². The van der Waals surface area contributed by atoms with Crippen LogP contribution in [0.1, 0.15) is 41.5 Å². The van der Waals surface area contributed by atoms with E-state index in [2.05, 4.69) is 0 Å². The van der Waals surface area contributed by atoms with Gasteiger partial charge in [0, 0.05) is 5.41 Å². The van der Waals surface area contributed by atoms with Crippen LogP contribution in [-0.2, 0) is 9.53 Å². The summed E-state index contributed by atoms with van der Waals surface area (Å²) in [6, 6.07) is -0.225. The average molecular weight is 213 g/mol. The first-order chi connectivity index (χ1) is 6.57. The van der Waals surface area contributed by atoms with Crippen LogP contribution >= 0.6 is 0 Å². The van der Waals surface area contributed by atoms with Crippen LogP contribution in [0, 0.1) is 5.41 Å². The van der Waals surface area contributed by atoms with Crippen LogP contribution in [0.25, 0.3) is 0 Å². The third-order valence-electron chi connectivity index (χ3n) is 2.80. The van der Waals surface area contributed by atoms with E-state index < -0.39 is 17.1 Å². The molecule has 0 N–H and O–H groups in total. The van der Waals surface area contributed by atoms with E-state index in [0.717, 1.165) is 0 Å². The van der Waals surface area contributed by atoms with Crippen LogP contribution in [0.3, 0.4) is 0 Å². The summed E-state index contributed by atoms with van der Waals surface area (Å²) < 4.78 is 5.16. The molecule has 0 saturated carbocycles. The number of rotatable bonds is 0. The summed E-state index contributed by atoms with van der Waals surface area (Å²) in [6.07, 6.45) is -0.535. The van der Waals surface area contributed by atoms with E-state index in [1.807, 2.05) is 20.8 Å². The lowest BCUT2D eigenvalue weighted by molar-refractivity contribution is -0.137. The number of hydrogen-bond donors (Lipinski definition) is 0. The molecule has 1 saturated heterocycles. The van der Waals surface area contributed by atoms with Crippen molar-refractivity contribution >= 4 is 12.0 Å². The van der Waals surface area contributed by atoms with Gasteiger partial charge in [-0.25, -0.2) is 9.69 Å². The molecule has 1 atom stereocenters. The summed E-state index contributed by atoms with van der Waals surface area (Å²) in [5, 5.41) is 0. The van der Waals surface area contributed by atoms with E-state index >= 15 is 0 Å².